The van der Waals surface area contributed by atoms with E-state index in [1.807, 2.05) is 16.3 Å². The predicted molar refractivity (Wildman–Crippen MR) is 107 cm³/mol. The van der Waals surface area contributed by atoms with Crippen LogP contribution in [0.15, 0.2) is 41.9 Å². The number of benzene rings is 1. The summed E-state index contributed by atoms with van der Waals surface area (Å²) in [7, 11) is 0. The minimum atomic E-state index is -0.249. The van der Waals surface area contributed by atoms with E-state index in [0.717, 1.165) is 36.3 Å². The van der Waals surface area contributed by atoms with Gasteiger partial charge in [0.1, 0.15) is 22.5 Å². The number of amidine groups is 1. The van der Waals surface area contributed by atoms with Crippen molar-refractivity contribution in [2.45, 2.75) is 25.5 Å². The van der Waals surface area contributed by atoms with Crippen LogP contribution in [0.1, 0.15) is 35.3 Å². The monoisotopic (exact) mass is 397 g/mol. The summed E-state index contributed by atoms with van der Waals surface area (Å²) < 4.78 is 13.6. The summed E-state index contributed by atoms with van der Waals surface area (Å²) in [6, 6.07) is 6.64. The lowest BCUT2D eigenvalue weighted by molar-refractivity contribution is 0.281. The van der Waals surface area contributed by atoms with Crippen molar-refractivity contribution in [2.24, 2.45) is 0 Å². The first-order valence-corrected chi connectivity index (χ1v) is 9.91. The molecule has 144 valence electrons. The molecule has 0 radical (unpaired) electrons. The molecule has 1 fully saturated rings. The van der Waals surface area contributed by atoms with Crippen LogP contribution in [0.5, 0.6) is 0 Å². The Morgan fingerprint density at radius 3 is 3.14 bits per heavy atom. The van der Waals surface area contributed by atoms with Gasteiger partial charge in [-0.25, -0.2) is 14.4 Å². The summed E-state index contributed by atoms with van der Waals surface area (Å²) in [4.78, 5) is 13.8. The number of halogens is 1. The summed E-state index contributed by atoms with van der Waals surface area (Å²) in [5.74, 6) is 0.752. The molecule has 8 heteroatoms. The number of nitrogens with zero attached hydrogens (tertiary/aromatic N) is 3. The second-order valence-electron chi connectivity index (χ2n) is 6.59. The maximum Gasteiger partial charge on any atom is 0.130 e. The molecule has 3 N–H and O–H groups in total. The summed E-state index contributed by atoms with van der Waals surface area (Å²) in [6.45, 7) is 0.696. The number of aliphatic hydroxyl groups is 1. The highest BCUT2D eigenvalue weighted by Crippen LogP contribution is 2.32. The number of aromatic amines is 1. The molecule has 0 saturated carbocycles. The number of nitrogens with one attached hydrogen (secondary N) is 2. The van der Waals surface area contributed by atoms with Gasteiger partial charge in [-0.05, 0) is 42.7 Å². The van der Waals surface area contributed by atoms with E-state index < -0.39 is 0 Å². The Kier molecular flexibility index (Phi) is 5.31. The summed E-state index contributed by atoms with van der Waals surface area (Å²) in [5.41, 5.74) is 2.40. The number of aromatic nitrogens is 3. The maximum atomic E-state index is 13.6. The van der Waals surface area contributed by atoms with Gasteiger partial charge in [0.05, 0.1) is 30.2 Å². The SMILES string of the molecule is N=C(/C=C\c1ncc(-c2csc(CO)n2)[nH]1)N1CCCC1c1cccc(F)c1. The van der Waals surface area contributed by atoms with Gasteiger partial charge in [0, 0.05) is 11.9 Å². The van der Waals surface area contributed by atoms with Crippen LogP contribution < -0.4 is 0 Å². The van der Waals surface area contributed by atoms with Crippen molar-refractivity contribution >= 4 is 23.2 Å². The molecular weight excluding hydrogens is 377 g/mol. The van der Waals surface area contributed by atoms with E-state index in [0.29, 0.717) is 16.7 Å². The molecule has 4 rings (SSSR count). The van der Waals surface area contributed by atoms with E-state index in [1.54, 1.807) is 30.5 Å². The van der Waals surface area contributed by atoms with Crippen molar-refractivity contribution in [2.75, 3.05) is 6.54 Å². The lowest BCUT2D eigenvalue weighted by Crippen LogP contribution is -2.28. The van der Waals surface area contributed by atoms with Crippen molar-refractivity contribution in [3.05, 3.63) is 64.1 Å². The smallest absolute Gasteiger partial charge is 0.130 e. The maximum absolute atomic E-state index is 13.6. The van der Waals surface area contributed by atoms with Crippen LogP contribution in [0.25, 0.3) is 17.5 Å². The highest BCUT2D eigenvalue weighted by molar-refractivity contribution is 7.09. The van der Waals surface area contributed by atoms with E-state index in [1.165, 1.54) is 17.4 Å². The lowest BCUT2D eigenvalue weighted by atomic mass is 10.0. The average Bonchev–Trinajstić information content (AvgIpc) is 3.46. The first-order chi connectivity index (χ1) is 13.6. The highest BCUT2D eigenvalue weighted by atomic mass is 32.1. The number of hydrogen-bond donors (Lipinski definition) is 3. The number of thiazole rings is 1. The predicted octanol–water partition coefficient (Wildman–Crippen LogP) is 3.99. The standard InChI is InChI=1S/C20H20FN5OS/c21-14-4-1-3-13(9-14)17-5-2-8-26(17)18(22)6-7-19-23-10-15(24-19)16-12-28-20(11-27)25-16/h1,3-4,6-7,9-10,12,17,22,27H,2,5,8,11H2,(H,23,24)/b7-6-,22-18?. The van der Waals surface area contributed by atoms with E-state index in [9.17, 15) is 4.39 Å². The average molecular weight is 397 g/mol. The Labute approximate surface area is 165 Å². The molecule has 0 aliphatic carbocycles. The van der Waals surface area contributed by atoms with E-state index in [4.69, 9.17) is 10.5 Å². The van der Waals surface area contributed by atoms with Crippen LogP contribution in [0.2, 0.25) is 0 Å². The Morgan fingerprint density at radius 2 is 2.36 bits per heavy atom. The zero-order valence-corrected chi connectivity index (χ0v) is 15.9. The number of aliphatic hydroxyl groups excluding tert-OH is 1. The Hall–Kier alpha value is -2.84. The van der Waals surface area contributed by atoms with Gasteiger partial charge in [-0.2, -0.15) is 0 Å². The van der Waals surface area contributed by atoms with Gasteiger partial charge in [0.25, 0.3) is 0 Å². The number of H-pyrrole nitrogens is 1. The summed E-state index contributed by atoms with van der Waals surface area (Å²) >= 11 is 1.39. The van der Waals surface area contributed by atoms with Gasteiger partial charge in [-0.1, -0.05) is 12.1 Å². The fourth-order valence-corrected chi connectivity index (χ4v) is 4.08. The molecule has 1 saturated heterocycles. The Morgan fingerprint density at radius 1 is 1.46 bits per heavy atom. The third-order valence-corrected chi connectivity index (χ3v) is 5.59. The van der Waals surface area contributed by atoms with Crippen LogP contribution in [-0.4, -0.2) is 37.3 Å². The Balaban J connectivity index is 1.46. The van der Waals surface area contributed by atoms with Crippen LogP contribution in [0.3, 0.4) is 0 Å². The van der Waals surface area contributed by atoms with Crippen LogP contribution >= 0.6 is 11.3 Å². The van der Waals surface area contributed by atoms with Gasteiger partial charge in [-0.15, -0.1) is 11.3 Å². The second-order valence-corrected chi connectivity index (χ2v) is 7.53. The molecule has 1 unspecified atom stereocenters. The molecule has 28 heavy (non-hydrogen) atoms. The van der Waals surface area contributed by atoms with Gasteiger partial charge in [-0.3, -0.25) is 5.41 Å². The minimum Gasteiger partial charge on any atom is -0.389 e. The van der Waals surface area contributed by atoms with Gasteiger partial charge >= 0.3 is 0 Å². The first-order valence-electron chi connectivity index (χ1n) is 9.03. The first kappa shape index (κ1) is 18.5. The van der Waals surface area contributed by atoms with E-state index in [2.05, 4.69) is 15.0 Å². The van der Waals surface area contributed by atoms with Crippen LogP contribution in [-0.2, 0) is 6.61 Å². The van der Waals surface area contributed by atoms with Crippen molar-refractivity contribution in [1.82, 2.24) is 19.9 Å². The number of likely N-dealkylation sites (tertiary alicyclic amines) is 1. The minimum absolute atomic E-state index is 0.0203. The van der Waals surface area contributed by atoms with Crippen molar-refractivity contribution in [3.63, 3.8) is 0 Å². The third kappa shape index (κ3) is 3.88. The molecule has 0 amide bonds. The topological polar surface area (TPSA) is 88.9 Å². The van der Waals surface area contributed by atoms with Crippen molar-refractivity contribution in [1.29, 1.82) is 5.41 Å². The summed E-state index contributed by atoms with van der Waals surface area (Å²) in [5, 5.41) is 20.1. The second kappa shape index (κ2) is 8.04. The number of imidazole rings is 1. The zero-order chi connectivity index (χ0) is 19.5. The largest absolute Gasteiger partial charge is 0.389 e. The summed E-state index contributed by atoms with van der Waals surface area (Å²) in [6.07, 6.45) is 7.03. The van der Waals surface area contributed by atoms with Gasteiger partial charge in [0.15, 0.2) is 0 Å². The Bertz CT molecular complexity index is 1010. The number of rotatable bonds is 5. The quantitative estimate of drug-likeness (QED) is 0.449. The molecule has 6 nitrogen and oxygen atoms in total. The molecule has 2 aromatic heterocycles. The molecular formula is C20H20FN5OS. The highest BCUT2D eigenvalue weighted by Gasteiger charge is 2.27. The van der Waals surface area contributed by atoms with Crippen LogP contribution in [0, 0.1) is 11.2 Å². The molecule has 0 bridgehead atoms. The van der Waals surface area contributed by atoms with Crippen LogP contribution in [0.4, 0.5) is 4.39 Å². The molecule has 0 spiro atoms. The molecule has 1 aliphatic rings. The molecule has 3 aromatic rings. The molecule has 1 aromatic carbocycles. The molecule has 1 aliphatic heterocycles. The van der Waals surface area contributed by atoms with Gasteiger partial charge < -0.3 is 15.0 Å². The van der Waals surface area contributed by atoms with Crippen molar-refractivity contribution in [3.8, 4) is 11.4 Å². The zero-order valence-electron chi connectivity index (χ0n) is 15.1. The number of hydrogen-bond acceptors (Lipinski definition) is 5. The molecule has 3 heterocycles. The fourth-order valence-electron chi connectivity index (χ4n) is 3.43. The lowest BCUT2D eigenvalue weighted by Gasteiger charge is -2.26. The third-order valence-electron chi connectivity index (χ3n) is 4.75. The molecule has 1 atom stereocenters. The normalized spacial score (nSPS) is 16.9. The van der Waals surface area contributed by atoms with E-state index >= 15 is 0 Å². The van der Waals surface area contributed by atoms with Gasteiger partial charge in [0.2, 0.25) is 0 Å². The van der Waals surface area contributed by atoms with E-state index in [-0.39, 0.29) is 18.5 Å². The van der Waals surface area contributed by atoms with Crippen molar-refractivity contribution < 1.29 is 9.50 Å². The fraction of sp³-hybridized carbons (Fsp3) is 0.250.